The van der Waals surface area contributed by atoms with Gasteiger partial charge in [-0.05, 0) is 30.3 Å². The van der Waals surface area contributed by atoms with E-state index in [0.717, 1.165) is 5.52 Å². The van der Waals surface area contributed by atoms with Gasteiger partial charge in [0.1, 0.15) is 5.69 Å². The second-order valence-corrected chi connectivity index (χ2v) is 6.10. The molecule has 3 rings (SSSR count). The van der Waals surface area contributed by atoms with Gasteiger partial charge in [0.05, 0.1) is 17.6 Å². The van der Waals surface area contributed by atoms with Gasteiger partial charge in [-0.1, -0.05) is 0 Å². The number of halogens is 2. The Labute approximate surface area is 130 Å². The number of fused-ring (bicyclic) bond motifs is 1. The Hall–Kier alpha value is -2.35. The Morgan fingerprint density at radius 2 is 2.22 bits per heavy atom. The van der Waals surface area contributed by atoms with Crippen molar-refractivity contribution in [1.29, 1.82) is 0 Å². The minimum Gasteiger partial charge on any atom is -0.359 e. The van der Waals surface area contributed by atoms with Gasteiger partial charge in [0.25, 0.3) is 6.43 Å². The maximum atomic E-state index is 12.4. The lowest BCUT2D eigenvalue weighted by Gasteiger charge is -2.46. The standard InChI is InChI=1S/C15H16F2N4O2/c1-15(7-21(8-15)6-13(16)17)14(22)19-12-5-18-11-3-2-9(20-23)4-10(11)12/h2-5,13,18H,6-8H2,1H3,(H,19,22). The molecule has 1 fully saturated rings. The first-order valence-electron chi connectivity index (χ1n) is 7.18. The molecule has 0 bridgehead atoms. The molecular formula is C15H16F2N4O2. The number of nitroso groups, excluding NO2 is 1. The molecule has 1 aromatic heterocycles. The number of amides is 1. The number of nitrogens with one attached hydrogen (secondary N) is 2. The molecule has 1 aromatic carbocycles. The third-order valence-electron chi connectivity index (χ3n) is 4.11. The number of anilines is 1. The predicted octanol–water partition coefficient (Wildman–Crippen LogP) is 3.09. The molecule has 2 N–H and O–H groups in total. The molecule has 6 nitrogen and oxygen atoms in total. The van der Waals surface area contributed by atoms with Crippen molar-refractivity contribution in [3.8, 4) is 0 Å². The Balaban J connectivity index is 1.72. The summed E-state index contributed by atoms with van der Waals surface area (Å²) in [5, 5.41) is 6.37. The zero-order chi connectivity index (χ0) is 16.6. The first-order chi connectivity index (χ1) is 10.9. The smallest absolute Gasteiger partial charge is 0.251 e. The molecule has 0 atom stereocenters. The van der Waals surface area contributed by atoms with E-state index in [1.807, 2.05) is 0 Å². The molecular weight excluding hydrogens is 306 g/mol. The number of carbonyl (C=O) groups is 1. The molecule has 8 heteroatoms. The van der Waals surface area contributed by atoms with E-state index in [1.165, 1.54) is 0 Å². The van der Waals surface area contributed by atoms with Gasteiger partial charge in [-0.25, -0.2) is 8.78 Å². The molecule has 2 heterocycles. The summed E-state index contributed by atoms with van der Waals surface area (Å²) in [6, 6.07) is 4.87. The van der Waals surface area contributed by atoms with Crippen molar-refractivity contribution in [3.63, 3.8) is 0 Å². The van der Waals surface area contributed by atoms with Crippen molar-refractivity contribution in [1.82, 2.24) is 9.88 Å². The molecule has 1 aliphatic rings. The van der Waals surface area contributed by atoms with Crippen LogP contribution in [0, 0.1) is 10.3 Å². The topological polar surface area (TPSA) is 77.6 Å². The van der Waals surface area contributed by atoms with Crippen molar-refractivity contribution >= 4 is 28.2 Å². The number of hydrogen-bond donors (Lipinski definition) is 2. The summed E-state index contributed by atoms with van der Waals surface area (Å²) >= 11 is 0. The van der Waals surface area contributed by atoms with E-state index in [2.05, 4.69) is 15.5 Å². The first kappa shape index (κ1) is 15.5. The van der Waals surface area contributed by atoms with Crippen LogP contribution in [0.4, 0.5) is 20.2 Å². The van der Waals surface area contributed by atoms with Gasteiger partial charge in [0.2, 0.25) is 5.91 Å². The second-order valence-electron chi connectivity index (χ2n) is 6.10. The number of nitrogens with zero attached hydrogens (tertiary/aromatic N) is 2. The van der Waals surface area contributed by atoms with Crippen LogP contribution in [0.5, 0.6) is 0 Å². The van der Waals surface area contributed by atoms with Crippen molar-refractivity contribution in [2.24, 2.45) is 10.6 Å². The van der Waals surface area contributed by atoms with Crippen LogP contribution in [0.3, 0.4) is 0 Å². The SMILES string of the molecule is CC1(C(=O)Nc2c[nH]c3ccc(N=O)cc23)CN(CC(F)F)C1. The molecule has 1 saturated heterocycles. The van der Waals surface area contributed by atoms with Crippen LogP contribution in [-0.4, -0.2) is 41.9 Å². The highest BCUT2D eigenvalue weighted by Crippen LogP contribution is 2.33. The summed E-state index contributed by atoms with van der Waals surface area (Å²) in [7, 11) is 0. The number of rotatable bonds is 5. The van der Waals surface area contributed by atoms with E-state index in [0.29, 0.717) is 24.2 Å². The molecule has 0 saturated carbocycles. The van der Waals surface area contributed by atoms with Gasteiger partial charge >= 0.3 is 0 Å². The van der Waals surface area contributed by atoms with Crippen molar-refractivity contribution in [2.75, 3.05) is 25.0 Å². The van der Waals surface area contributed by atoms with E-state index in [4.69, 9.17) is 0 Å². The maximum absolute atomic E-state index is 12.4. The highest BCUT2D eigenvalue weighted by atomic mass is 19.3. The fraction of sp³-hybridized carbons (Fsp3) is 0.400. The Morgan fingerprint density at radius 1 is 1.48 bits per heavy atom. The van der Waals surface area contributed by atoms with E-state index >= 15 is 0 Å². The Kier molecular flexibility index (Phi) is 3.85. The third-order valence-corrected chi connectivity index (χ3v) is 4.11. The lowest BCUT2D eigenvalue weighted by atomic mass is 9.81. The monoisotopic (exact) mass is 322 g/mol. The normalized spacial score (nSPS) is 17.2. The highest BCUT2D eigenvalue weighted by Gasteiger charge is 2.45. The van der Waals surface area contributed by atoms with Crippen molar-refractivity contribution in [2.45, 2.75) is 13.3 Å². The first-order valence-corrected chi connectivity index (χ1v) is 7.18. The zero-order valence-electron chi connectivity index (χ0n) is 12.5. The van der Waals surface area contributed by atoms with Gasteiger partial charge in [0.15, 0.2) is 0 Å². The predicted molar refractivity (Wildman–Crippen MR) is 82.9 cm³/mol. The summed E-state index contributed by atoms with van der Waals surface area (Å²) in [5.74, 6) is -0.228. The van der Waals surface area contributed by atoms with E-state index in [1.54, 1.807) is 36.2 Å². The zero-order valence-corrected chi connectivity index (χ0v) is 12.5. The summed E-state index contributed by atoms with van der Waals surface area (Å²) in [4.78, 5) is 27.6. The van der Waals surface area contributed by atoms with Crippen LogP contribution in [0.15, 0.2) is 29.6 Å². The van der Waals surface area contributed by atoms with Crippen LogP contribution < -0.4 is 5.32 Å². The minimum atomic E-state index is -2.40. The number of aromatic amines is 1. The minimum absolute atomic E-state index is 0.228. The van der Waals surface area contributed by atoms with Crippen LogP contribution in [0.25, 0.3) is 10.9 Å². The van der Waals surface area contributed by atoms with E-state index < -0.39 is 11.8 Å². The number of carbonyl (C=O) groups excluding carboxylic acids is 1. The number of likely N-dealkylation sites (tertiary alicyclic amines) is 1. The molecule has 0 aliphatic carbocycles. The van der Waals surface area contributed by atoms with Gasteiger partial charge < -0.3 is 10.3 Å². The molecule has 1 amide bonds. The summed E-state index contributed by atoms with van der Waals surface area (Å²) in [6.45, 7) is 2.03. The Morgan fingerprint density at radius 3 is 2.87 bits per heavy atom. The fourth-order valence-corrected chi connectivity index (χ4v) is 2.95. The molecule has 23 heavy (non-hydrogen) atoms. The van der Waals surface area contributed by atoms with Crippen LogP contribution >= 0.6 is 0 Å². The van der Waals surface area contributed by atoms with E-state index in [-0.39, 0.29) is 18.1 Å². The van der Waals surface area contributed by atoms with Crippen LogP contribution in [0.1, 0.15) is 6.92 Å². The maximum Gasteiger partial charge on any atom is 0.251 e. The van der Waals surface area contributed by atoms with Gasteiger partial charge in [-0.3, -0.25) is 9.69 Å². The van der Waals surface area contributed by atoms with E-state index in [9.17, 15) is 18.5 Å². The largest absolute Gasteiger partial charge is 0.359 e. The average Bonchev–Trinajstić information content (AvgIpc) is 2.87. The fourth-order valence-electron chi connectivity index (χ4n) is 2.95. The van der Waals surface area contributed by atoms with Gasteiger partial charge in [0, 0.05) is 30.2 Å². The molecule has 0 radical (unpaired) electrons. The third kappa shape index (κ3) is 2.94. The molecule has 122 valence electrons. The summed E-state index contributed by atoms with van der Waals surface area (Å²) in [5.41, 5.74) is 0.888. The van der Waals surface area contributed by atoms with Gasteiger partial charge in [-0.2, -0.15) is 0 Å². The number of aromatic nitrogens is 1. The second kappa shape index (κ2) is 5.69. The number of hydrogen-bond acceptors (Lipinski definition) is 4. The summed E-state index contributed by atoms with van der Waals surface area (Å²) in [6.07, 6.45) is -0.763. The lowest BCUT2D eigenvalue weighted by Crippen LogP contribution is -2.61. The highest BCUT2D eigenvalue weighted by molar-refractivity contribution is 6.04. The van der Waals surface area contributed by atoms with Crippen LogP contribution in [-0.2, 0) is 4.79 Å². The molecule has 1 aliphatic heterocycles. The molecule has 2 aromatic rings. The number of benzene rings is 1. The quantitative estimate of drug-likeness (QED) is 0.830. The number of H-pyrrole nitrogens is 1. The van der Waals surface area contributed by atoms with Crippen molar-refractivity contribution < 1.29 is 13.6 Å². The van der Waals surface area contributed by atoms with Gasteiger partial charge in [-0.15, -0.1) is 4.91 Å². The van der Waals surface area contributed by atoms with Crippen LogP contribution in [0.2, 0.25) is 0 Å². The molecule has 0 spiro atoms. The summed E-state index contributed by atoms with van der Waals surface area (Å²) < 4.78 is 24.7. The average molecular weight is 322 g/mol. The molecule has 0 unspecified atom stereocenters. The Bertz CT molecular complexity index is 753. The van der Waals surface area contributed by atoms with Crippen molar-refractivity contribution in [3.05, 3.63) is 29.3 Å². The number of alkyl halides is 2. The lowest BCUT2D eigenvalue weighted by molar-refractivity contribution is -0.135.